The van der Waals surface area contributed by atoms with Crippen molar-refractivity contribution in [1.29, 1.82) is 0 Å². The molecule has 32 heavy (non-hydrogen) atoms. The molecule has 2 aliphatic heterocycles. The number of hydrogen-bond acceptors (Lipinski definition) is 5. The Balaban J connectivity index is 1.67. The highest BCUT2D eigenvalue weighted by Crippen LogP contribution is 2.49. The molecule has 1 saturated heterocycles. The van der Waals surface area contributed by atoms with Gasteiger partial charge in [0.05, 0.1) is 20.1 Å². The van der Waals surface area contributed by atoms with E-state index >= 15 is 0 Å². The minimum Gasteiger partial charge on any atom is -0.497 e. The normalized spacial score (nSPS) is 19.8. The largest absolute Gasteiger partial charge is 0.497 e. The van der Waals surface area contributed by atoms with Crippen LogP contribution in [0.15, 0.2) is 42.5 Å². The van der Waals surface area contributed by atoms with Gasteiger partial charge in [-0.2, -0.15) is 0 Å². The van der Waals surface area contributed by atoms with E-state index in [2.05, 4.69) is 0 Å². The Hall–Kier alpha value is -3.39. The molecule has 1 N–H and O–H groups in total. The Labute approximate surface area is 189 Å². The third-order valence-electron chi connectivity index (χ3n) is 5.92. The number of methoxy groups -OCH3 is 1. The summed E-state index contributed by atoms with van der Waals surface area (Å²) >= 11 is 6.18. The van der Waals surface area contributed by atoms with Gasteiger partial charge in [-0.05, 0) is 42.3 Å². The molecule has 1 fully saturated rings. The van der Waals surface area contributed by atoms with Crippen molar-refractivity contribution in [3.05, 3.63) is 58.6 Å². The van der Waals surface area contributed by atoms with Crippen molar-refractivity contribution < 1.29 is 29.0 Å². The summed E-state index contributed by atoms with van der Waals surface area (Å²) in [6.07, 6.45) is -0.184. The number of anilines is 1. The Morgan fingerprint density at radius 2 is 1.78 bits per heavy atom. The number of carbonyl (C=O) groups is 4. The third-order valence-corrected chi connectivity index (χ3v) is 6.15. The first-order valence-electron chi connectivity index (χ1n) is 10.1. The minimum atomic E-state index is -1.67. The number of imide groups is 1. The minimum absolute atomic E-state index is 0.0333. The van der Waals surface area contributed by atoms with E-state index in [1.807, 2.05) is 0 Å². The summed E-state index contributed by atoms with van der Waals surface area (Å²) in [6, 6.07) is 11.8. The number of aliphatic carboxylic acids is 1. The van der Waals surface area contributed by atoms with Crippen molar-refractivity contribution in [3.63, 3.8) is 0 Å². The fraction of sp³-hybridized carbons (Fsp3) is 0.304. The monoisotopic (exact) mass is 456 g/mol. The number of fused-ring (bicyclic) bond motifs is 2. The average Bonchev–Trinajstić information content (AvgIpc) is 3.15. The lowest BCUT2D eigenvalue weighted by Crippen LogP contribution is -2.46. The molecule has 166 valence electrons. The lowest BCUT2D eigenvalue weighted by molar-refractivity contribution is -0.142. The summed E-state index contributed by atoms with van der Waals surface area (Å²) in [5.41, 5.74) is -0.0784. The zero-order valence-electron chi connectivity index (χ0n) is 17.3. The quantitative estimate of drug-likeness (QED) is 0.507. The molecule has 9 heteroatoms. The van der Waals surface area contributed by atoms with Gasteiger partial charge < -0.3 is 14.7 Å². The van der Waals surface area contributed by atoms with Crippen LogP contribution in [0.3, 0.4) is 0 Å². The summed E-state index contributed by atoms with van der Waals surface area (Å²) in [5.74, 6) is -1.88. The molecule has 0 radical (unpaired) electrons. The number of carboxylic acid groups (broad SMARTS) is 1. The van der Waals surface area contributed by atoms with Gasteiger partial charge >= 0.3 is 5.97 Å². The molecule has 2 aromatic rings. The maximum atomic E-state index is 13.6. The van der Waals surface area contributed by atoms with Gasteiger partial charge in [-0.15, -0.1) is 0 Å². The van der Waals surface area contributed by atoms with Crippen LogP contribution in [0, 0.1) is 0 Å². The highest BCUT2D eigenvalue weighted by molar-refractivity contribution is 6.32. The highest BCUT2D eigenvalue weighted by Gasteiger charge is 2.63. The van der Waals surface area contributed by atoms with Crippen LogP contribution in [-0.2, 0) is 31.1 Å². The van der Waals surface area contributed by atoms with Gasteiger partial charge in [0.1, 0.15) is 5.75 Å². The van der Waals surface area contributed by atoms with Gasteiger partial charge in [-0.3, -0.25) is 24.1 Å². The number of halogens is 1. The standard InChI is InChI=1S/C23H21ClN2O6/c1-32-16-7-4-14(5-8-16)13-26-19(27)12-23(22(26)31)17-11-15(24)6-9-18(17)25(21(23)30)10-2-3-20(28)29/h4-9,11H,2-3,10,12-13H2,1H3,(H,28,29). The Bertz CT molecular complexity index is 1120. The number of carboxylic acids is 1. The molecule has 1 spiro atoms. The molecular weight excluding hydrogens is 436 g/mol. The van der Waals surface area contributed by atoms with Crippen molar-refractivity contribution in [1.82, 2.24) is 4.90 Å². The second-order valence-corrected chi connectivity index (χ2v) is 8.27. The van der Waals surface area contributed by atoms with Crippen LogP contribution >= 0.6 is 11.6 Å². The van der Waals surface area contributed by atoms with Gasteiger partial charge in [-0.1, -0.05) is 23.7 Å². The van der Waals surface area contributed by atoms with Gasteiger partial charge in [0, 0.05) is 29.2 Å². The van der Waals surface area contributed by atoms with E-state index in [1.54, 1.807) is 49.6 Å². The predicted molar refractivity (Wildman–Crippen MR) is 116 cm³/mol. The SMILES string of the molecule is COc1ccc(CN2C(=O)CC3(C2=O)C(=O)N(CCCC(=O)O)c2ccc(Cl)cc23)cc1. The summed E-state index contributed by atoms with van der Waals surface area (Å²) in [7, 11) is 1.54. The van der Waals surface area contributed by atoms with Gasteiger partial charge in [0.25, 0.3) is 0 Å². The number of likely N-dealkylation sites (tertiary alicyclic amines) is 1. The van der Waals surface area contributed by atoms with Crippen LogP contribution in [0.2, 0.25) is 5.02 Å². The van der Waals surface area contributed by atoms with Crippen molar-refractivity contribution >= 4 is 41.0 Å². The molecule has 0 bridgehead atoms. The van der Waals surface area contributed by atoms with Crippen LogP contribution < -0.4 is 9.64 Å². The fourth-order valence-electron chi connectivity index (χ4n) is 4.34. The molecule has 3 amide bonds. The number of rotatable bonds is 7. The van der Waals surface area contributed by atoms with E-state index in [1.165, 1.54) is 4.90 Å². The topological polar surface area (TPSA) is 104 Å². The first kappa shape index (κ1) is 21.8. The summed E-state index contributed by atoms with van der Waals surface area (Å²) in [5, 5.41) is 9.28. The van der Waals surface area contributed by atoms with E-state index < -0.39 is 29.1 Å². The number of amides is 3. The fourth-order valence-corrected chi connectivity index (χ4v) is 4.52. The second-order valence-electron chi connectivity index (χ2n) is 7.83. The van der Waals surface area contributed by atoms with Gasteiger partial charge in [0.15, 0.2) is 5.41 Å². The second kappa shape index (κ2) is 8.27. The van der Waals surface area contributed by atoms with Crippen molar-refractivity contribution in [2.75, 3.05) is 18.6 Å². The van der Waals surface area contributed by atoms with Crippen LogP contribution in [0.5, 0.6) is 5.75 Å². The number of ether oxygens (including phenoxy) is 1. The third kappa shape index (κ3) is 3.50. The predicted octanol–water partition coefficient (Wildman–Crippen LogP) is 2.76. The van der Waals surface area contributed by atoms with E-state index in [0.29, 0.717) is 22.0 Å². The van der Waals surface area contributed by atoms with Crippen LogP contribution in [0.1, 0.15) is 30.4 Å². The van der Waals surface area contributed by atoms with Crippen molar-refractivity contribution in [3.8, 4) is 5.75 Å². The Morgan fingerprint density at radius 1 is 1.09 bits per heavy atom. The number of carbonyl (C=O) groups excluding carboxylic acids is 3. The molecule has 2 heterocycles. The zero-order valence-corrected chi connectivity index (χ0v) is 18.1. The van der Waals surface area contributed by atoms with Crippen LogP contribution in [0.25, 0.3) is 0 Å². The highest BCUT2D eigenvalue weighted by atomic mass is 35.5. The maximum absolute atomic E-state index is 13.6. The van der Waals surface area contributed by atoms with Crippen molar-refractivity contribution in [2.24, 2.45) is 0 Å². The number of nitrogens with zero attached hydrogens (tertiary/aromatic N) is 2. The zero-order chi connectivity index (χ0) is 23.0. The summed E-state index contributed by atoms with van der Waals surface area (Å²) < 4.78 is 5.13. The lowest BCUT2D eigenvalue weighted by Gasteiger charge is -2.22. The molecule has 4 rings (SSSR count). The molecule has 0 saturated carbocycles. The molecule has 2 aliphatic rings. The van der Waals surface area contributed by atoms with Gasteiger partial charge in [-0.25, -0.2) is 0 Å². The smallest absolute Gasteiger partial charge is 0.303 e. The molecule has 1 atom stereocenters. The van der Waals surface area contributed by atoms with E-state index in [0.717, 1.165) is 10.5 Å². The van der Waals surface area contributed by atoms with Crippen molar-refractivity contribution in [2.45, 2.75) is 31.2 Å². The van der Waals surface area contributed by atoms with Crippen LogP contribution in [-0.4, -0.2) is 47.4 Å². The first-order chi connectivity index (χ1) is 15.3. The average molecular weight is 457 g/mol. The number of hydrogen-bond donors (Lipinski definition) is 1. The van der Waals surface area contributed by atoms with Crippen LogP contribution in [0.4, 0.5) is 5.69 Å². The molecule has 0 aliphatic carbocycles. The summed E-state index contributed by atoms with van der Waals surface area (Å²) in [4.78, 5) is 53.4. The molecule has 1 unspecified atom stereocenters. The summed E-state index contributed by atoms with van der Waals surface area (Å²) in [6.45, 7) is 0.160. The van der Waals surface area contributed by atoms with Gasteiger partial charge in [0.2, 0.25) is 17.7 Å². The number of benzene rings is 2. The van der Waals surface area contributed by atoms with E-state index in [9.17, 15) is 19.2 Å². The molecule has 8 nitrogen and oxygen atoms in total. The molecule has 2 aromatic carbocycles. The van der Waals surface area contributed by atoms with E-state index in [4.69, 9.17) is 21.4 Å². The first-order valence-corrected chi connectivity index (χ1v) is 10.5. The lowest BCUT2D eigenvalue weighted by atomic mass is 9.80. The van der Waals surface area contributed by atoms with E-state index in [-0.39, 0.29) is 32.4 Å². The Kier molecular flexibility index (Phi) is 5.64. The molecular formula is C23H21ClN2O6. The Morgan fingerprint density at radius 3 is 2.44 bits per heavy atom. The molecule has 0 aromatic heterocycles. The maximum Gasteiger partial charge on any atom is 0.303 e.